The summed E-state index contributed by atoms with van der Waals surface area (Å²) in [4.78, 5) is 30.9. The summed E-state index contributed by atoms with van der Waals surface area (Å²) in [6, 6.07) is 11.0. The zero-order valence-corrected chi connectivity index (χ0v) is 14.0. The average molecular weight is 360 g/mol. The molecule has 2 aromatic rings. The summed E-state index contributed by atoms with van der Waals surface area (Å²) in [6.07, 6.45) is 1.56. The number of carboxylic acids is 2. The number of carboxylic acid groups (broad SMARTS) is 2. The van der Waals surface area contributed by atoms with E-state index < -0.39 is 11.9 Å². The van der Waals surface area contributed by atoms with E-state index in [1.54, 1.807) is 30.3 Å². The molecular formula is C19H20O7. The van der Waals surface area contributed by atoms with Crippen molar-refractivity contribution in [1.82, 2.24) is 0 Å². The Labute approximate surface area is 150 Å². The smallest absolute Gasteiger partial charge is 0.303 e. The lowest BCUT2D eigenvalue weighted by molar-refractivity contribution is -0.138. The van der Waals surface area contributed by atoms with Gasteiger partial charge in [-0.05, 0) is 48.2 Å². The molecule has 4 N–H and O–H groups in total. The van der Waals surface area contributed by atoms with Crippen molar-refractivity contribution in [2.24, 2.45) is 0 Å². The van der Waals surface area contributed by atoms with E-state index in [2.05, 4.69) is 0 Å². The average Bonchev–Trinajstić information content (AvgIpc) is 2.61. The van der Waals surface area contributed by atoms with Crippen LogP contribution in [0.15, 0.2) is 42.5 Å². The Morgan fingerprint density at radius 2 is 1.31 bits per heavy atom. The van der Waals surface area contributed by atoms with Crippen molar-refractivity contribution < 1.29 is 34.8 Å². The van der Waals surface area contributed by atoms with E-state index in [1.165, 1.54) is 12.1 Å². The van der Waals surface area contributed by atoms with Crippen LogP contribution < -0.4 is 0 Å². The van der Waals surface area contributed by atoms with Crippen molar-refractivity contribution in [3.05, 3.63) is 59.2 Å². The number of phenolic OH excluding ortho intramolecular Hbond substituents is 2. The molecule has 0 spiro atoms. The molecule has 26 heavy (non-hydrogen) atoms. The molecule has 0 aliphatic rings. The highest BCUT2D eigenvalue weighted by Gasteiger charge is 2.03. The second kappa shape index (κ2) is 10.5. The fraction of sp³-hybridized carbons (Fsp3) is 0.211. The van der Waals surface area contributed by atoms with Gasteiger partial charge < -0.3 is 20.4 Å². The predicted octanol–water partition coefficient (Wildman–Crippen LogP) is 2.63. The van der Waals surface area contributed by atoms with Crippen LogP contribution in [0.4, 0.5) is 0 Å². The molecule has 0 bridgehead atoms. The summed E-state index contributed by atoms with van der Waals surface area (Å²) in [7, 11) is 0. The zero-order chi connectivity index (χ0) is 19.5. The maximum absolute atomic E-state index is 10.4. The van der Waals surface area contributed by atoms with E-state index in [-0.39, 0.29) is 29.9 Å². The summed E-state index contributed by atoms with van der Waals surface area (Å²) >= 11 is 0. The van der Waals surface area contributed by atoms with Gasteiger partial charge in [-0.1, -0.05) is 18.2 Å². The highest BCUT2D eigenvalue weighted by Crippen LogP contribution is 2.17. The molecule has 0 radical (unpaired) electrons. The number of hydrogen-bond donors (Lipinski definition) is 4. The molecule has 0 saturated heterocycles. The molecule has 0 atom stereocenters. The minimum Gasteiger partial charge on any atom is -0.508 e. The first kappa shape index (κ1) is 20.7. The Balaban J connectivity index is 0.000000263. The van der Waals surface area contributed by atoms with E-state index in [0.29, 0.717) is 19.1 Å². The van der Waals surface area contributed by atoms with Crippen molar-refractivity contribution in [3.8, 4) is 11.5 Å². The predicted molar refractivity (Wildman–Crippen MR) is 93.5 cm³/mol. The highest BCUT2D eigenvalue weighted by molar-refractivity contribution is 5.79. The number of phenols is 2. The van der Waals surface area contributed by atoms with Crippen LogP contribution in [-0.2, 0) is 22.4 Å². The first-order chi connectivity index (χ1) is 12.3. The second-order valence-corrected chi connectivity index (χ2v) is 5.46. The van der Waals surface area contributed by atoms with Crippen molar-refractivity contribution in [2.75, 3.05) is 0 Å². The first-order valence-electron chi connectivity index (χ1n) is 7.80. The van der Waals surface area contributed by atoms with Crippen LogP contribution in [0.2, 0.25) is 0 Å². The Bertz CT molecular complexity index is 751. The number of hydrogen-bond acceptors (Lipinski definition) is 5. The van der Waals surface area contributed by atoms with Gasteiger partial charge in [0.15, 0.2) is 6.29 Å². The normalized spacial score (nSPS) is 9.69. The number of carbonyl (C=O) groups is 3. The molecule has 0 aromatic heterocycles. The molecule has 138 valence electrons. The van der Waals surface area contributed by atoms with Crippen LogP contribution in [0.1, 0.15) is 34.3 Å². The zero-order valence-electron chi connectivity index (χ0n) is 14.0. The van der Waals surface area contributed by atoms with Gasteiger partial charge in [-0.25, -0.2) is 0 Å². The lowest BCUT2D eigenvalue weighted by Crippen LogP contribution is -1.97. The number of rotatable bonds is 7. The maximum Gasteiger partial charge on any atom is 0.303 e. The topological polar surface area (TPSA) is 132 Å². The van der Waals surface area contributed by atoms with Crippen LogP contribution >= 0.6 is 0 Å². The number of aryl methyl sites for hydroxylation is 2. The highest BCUT2D eigenvalue weighted by atomic mass is 16.4. The van der Waals surface area contributed by atoms with Gasteiger partial charge in [0, 0.05) is 12.8 Å². The van der Waals surface area contributed by atoms with Gasteiger partial charge >= 0.3 is 11.9 Å². The molecule has 0 fully saturated rings. The number of benzene rings is 2. The summed E-state index contributed by atoms with van der Waals surface area (Å²) < 4.78 is 0. The second-order valence-electron chi connectivity index (χ2n) is 5.46. The Morgan fingerprint density at radius 1 is 0.808 bits per heavy atom. The summed E-state index contributed by atoms with van der Waals surface area (Å²) in [5.74, 6) is -1.57. The van der Waals surface area contributed by atoms with Gasteiger partial charge in [-0.15, -0.1) is 0 Å². The Morgan fingerprint density at radius 3 is 1.81 bits per heavy atom. The van der Waals surface area contributed by atoms with Crippen LogP contribution in [0, 0.1) is 0 Å². The third-order valence-corrected chi connectivity index (χ3v) is 3.41. The third-order valence-electron chi connectivity index (χ3n) is 3.41. The van der Waals surface area contributed by atoms with Crippen LogP contribution in [-0.4, -0.2) is 38.7 Å². The van der Waals surface area contributed by atoms with Crippen LogP contribution in [0.25, 0.3) is 0 Å². The minimum atomic E-state index is -0.884. The van der Waals surface area contributed by atoms with Gasteiger partial charge in [-0.3, -0.25) is 14.4 Å². The largest absolute Gasteiger partial charge is 0.508 e. The summed E-state index contributed by atoms with van der Waals surface area (Å²) in [5, 5.41) is 34.9. The first-order valence-corrected chi connectivity index (χ1v) is 7.80. The van der Waals surface area contributed by atoms with E-state index in [0.717, 1.165) is 11.1 Å². The third kappa shape index (κ3) is 7.96. The van der Waals surface area contributed by atoms with Crippen molar-refractivity contribution in [1.29, 1.82) is 0 Å². The quantitative estimate of drug-likeness (QED) is 0.558. The molecule has 2 rings (SSSR count). The van der Waals surface area contributed by atoms with E-state index in [9.17, 15) is 14.4 Å². The van der Waals surface area contributed by atoms with Gasteiger partial charge in [0.05, 0.1) is 5.56 Å². The minimum absolute atomic E-state index is 0.0169. The van der Waals surface area contributed by atoms with Gasteiger partial charge in [0.25, 0.3) is 0 Å². The molecule has 0 amide bonds. The molecule has 7 heteroatoms. The lowest BCUT2D eigenvalue weighted by Gasteiger charge is -2.01. The number of carbonyl (C=O) groups excluding carboxylic acids is 1. The number of aldehydes is 1. The fourth-order valence-corrected chi connectivity index (χ4v) is 2.02. The van der Waals surface area contributed by atoms with Crippen LogP contribution in [0.3, 0.4) is 0 Å². The summed E-state index contributed by atoms with van der Waals surface area (Å²) in [5.41, 5.74) is 1.84. The SMILES string of the molecule is O=C(O)CCc1ccc(O)cc1.O=Cc1cc(CCC(=O)O)ccc1O. The maximum atomic E-state index is 10.4. The molecule has 0 unspecified atom stereocenters. The monoisotopic (exact) mass is 360 g/mol. The van der Waals surface area contributed by atoms with Crippen molar-refractivity contribution in [3.63, 3.8) is 0 Å². The van der Waals surface area contributed by atoms with Crippen molar-refractivity contribution in [2.45, 2.75) is 25.7 Å². The molecule has 0 saturated carbocycles. The fourth-order valence-electron chi connectivity index (χ4n) is 2.02. The molecule has 0 heterocycles. The van der Waals surface area contributed by atoms with Gasteiger partial charge in [0.2, 0.25) is 0 Å². The molecular weight excluding hydrogens is 340 g/mol. The van der Waals surface area contributed by atoms with Crippen LogP contribution in [0.5, 0.6) is 11.5 Å². The molecule has 7 nitrogen and oxygen atoms in total. The summed E-state index contributed by atoms with van der Waals surface area (Å²) in [6.45, 7) is 0. The Hall–Kier alpha value is -3.35. The standard InChI is InChI=1S/C10H10O4.C9H10O3/c11-6-8-5-7(1-3-9(8)12)2-4-10(13)14;10-8-4-1-7(2-5-8)3-6-9(11)12/h1,3,5-6,12H,2,4H2,(H,13,14);1-2,4-5,10H,3,6H2,(H,11,12). The molecule has 2 aromatic carbocycles. The van der Waals surface area contributed by atoms with E-state index >= 15 is 0 Å². The van der Waals surface area contributed by atoms with Gasteiger partial charge in [-0.2, -0.15) is 0 Å². The Kier molecular flexibility index (Phi) is 8.36. The van der Waals surface area contributed by atoms with E-state index in [1.807, 2.05) is 0 Å². The number of aromatic hydroxyl groups is 2. The molecule has 0 aliphatic heterocycles. The van der Waals surface area contributed by atoms with E-state index in [4.69, 9.17) is 20.4 Å². The van der Waals surface area contributed by atoms with Crippen molar-refractivity contribution >= 4 is 18.2 Å². The number of aliphatic carboxylic acids is 2. The van der Waals surface area contributed by atoms with Gasteiger partial charge in [0.1, 0.15) is 11.5 Å². The molecule has 0 aliphatic carbocycles. The lowest BCUT2D eigenvalue weighted by atomic mass is 10.1.